The molecule has 4 heteroatoms. The minimum atomic E-state index is -0.466. The number of benzene rings is 2. The summed E-state index contributed by atoms with van der Waals surface area (Å²) in [7, 11) is 0. The number of hydrogen-bond acceptors (Lipinski definition) is 2. The van der Waals surface area contributed by atoms with Crippen molar-refractivity contribution in [2.75, 3.05) is 11.9 Å². The zero-order chi connectivity index (χ0) is 17.3. The second kappa shape index (κ2) is 6.27. The van der Waals surface area contributed by atoms with E-state index in [1.807, 2.05) is 63.2 Å². The molecule has 24 heavy (non-hydrogen) atoms. The van der Waals surface area contributed by atoms with Crippen molar-refractivity contribution in [3.8, 4) is 0 Å². The van der Waals surface area contributed by atoms with Crippen LogP contribution in [0, 0.1) is 5.41 Å². The molecule has 2 aromatic carbocycles. The molecule has 0 unspecified atom stereocenters. The number of likely N-dealkylation sites (tertiary alicyclic amines) is 1. The Hall–Kier alpha value is -2.36. The third-order valence-electron chi connectivity index (χ3n) is 4.47. The van der Waals surface area contributed by atoms with Gasteiger partial charge >= 0.3 is 0 Å². The highest BCUT2D eigenvalue weighted by Gasteiger charge is 2.38. The van der Waals surface area contributed by atoms with Crippen LogP contribution in [0.25, 0.3) is 10.8 Å². The third kappa shape index (κ3) is 3.28. The third-order valence-corrected chi connectivity index (χ3v) is 4.47. The number of carbonyl (C=O) groups excluding carboxylic acids is 2. The Morgan fingerprint density at radius 2 is 1.79 bits per heavy atom. The van der Waals surface area contributed by atoms with Crippen molar-refractivity contribution in [3.63, 3.8) is 0 Å². The molecule has 126 valence electrons. The van der Waals surface area contributed by atoms with Crippen LogP contribution in [-0.4, -0.2) is 29.3 Å². The van der Waals surface area contributed by atoms with Gasteiger partial charge in [0.2, 0.25) is 11.8 Å². The summed E-state index contributed by atoms with van der Waals surface area (Å²) in [5.41, 5.74) is 0.306. The highest BCUT2D eigenvalue weighted by molar-refractivity contribution is 5.99. The molecule has 0 radical (unpaired) electrons. The lowest BCUT2D eigenvalue weighted by Gasteiger charge is -2.30. The Balaban J connectivity index is 1.76. The first-order valence-electron chi connectivity index (χ1n) is 8.47. The molecule has 0 saturated carbocycles. The van der Waals surface area contributed by atoms with Crippen LogP contribution in [0.2, 0.25) is 0 Å². The predicted molar refractivity (Wildman–Crippen MR) is 96.8 cm³/mol. The van der Waals surface area contributed by atoms with E-state index in [0.717, 1.165) is 29.3 Å². The minimum absolute atomic E-state index is 0.0404. The summed E-state index contributed by atoms with van der Waals surface area (Å²) in [6.07, 6.45) is 1.60. The highest BCUT2D eigenvalue weighted by Crippen LogP contribution is 2.26. The first-order valence-corrected chi connectivity index (χ1v) is 8.47. The molecule has 1 N–H and O–H groups in total. The molecule has 0 aromatic heterocycles. The molecule has 2 amide bonds. The molecule has 1 atom stereocenters. The van der Waals surface area contributed by atoms with Crippen LogP contribution in [0.15, 0.2) is 42.5 Å². The second-order valence-electron chi connectivity index (χ2n) is 7.46. The van der Waals surface area contributed by atoms with Gasteiger partial charge in [-0.15, -0.1) is 0 Å². The molecular formula is C20H24N2O2. The average Bonchev–Trinajstić information content (AvgIpc) is 3.02. The first kappa shape index (κ1) is 16.5. The number of amides is 2. The van der Waals surface area contributed by atoms with Crippen LogP contribution in [-0.2, 0) is 9.59 Å². The normalized spacial score (nSPS) is 18.0. The van der Waals surface area contributed by atoms with E-state index in [1.54, 1.807) is 4.90 Å². The van der Waals surface area contributed by atoms with Gasteiger partial charge in [-0.1, -0.05) is 51.1 Å². The Morgan fingerprint density at radius 1 is 1.08 bits per heavy atom. The molecule has 2 aromatic rings. The maximum absolute atomic E-state index is 12.7. The summed E-state index contributed by atoms with van der Waals surface area (Å²) < 4.78 is 0. The van der Waals surface area contributed by atoms with Gasteiger partial charge in [0, 0.05) is 17.6 Å². The zero-order valence-electron chi connectivity index (χ0n) is 14.5. The van der Waals surface area contributed by atoms with E-state index in [9.17, 15) is 9.59 Å². The Bertz CT molecular complexity index is 777. The van der Waals surface area contributed by atoms with Crippen molar-refractivity contribution in [2.24, 2.45) is 5.41 Å². The summed E-state index contributed by atoms with van der Waals surface area (Å²) in [5, 5.41) is 5.21. The van der Waals surface area contributed by atoms with Crippen molar-refractivity contribution >= 4 is 28.3 Å². The molecule has 1 fully saturated rings. The largest absolute Gasteiger partial charge is 0.330 e. The lowest BCUT2D eigenvalue weighted by molar-refractivity contribution is -0.143. The minimum Gasteiger partial charge on any atom is -0.330 e. The van der Waals surface area contributed by atoms with Crippen molar-refractivity contribution in [2.45, 2.75) is 39.7 Å². The first-order chi connectivity index (χ1) is 11.4. The van der Waals surface area contributed by atoms with E-state index in [2.05, 4.69) is 5.32 Å². The van der Waals surface area contributed by atoms with Gasteiger partial charge in [-0.25, -0.2) is 0 Å². The summed E-state index contributed by atoms with van der Waals surface area (Å²) in [6, 6.07) is 13.5. The van der Waals surface area contributed by atoms with Gasteiger partial charge in [0.25, 0.3) is 0 Å². The summed E-state index contributed by atoms with van der Waals surface area (Å²) in [4.78, 5) is 27.0. The molecule has 4 nitrogen and oxygen atoms in total. The molecule has 0 bridgehead atoms. The number of fused-ring (bicyclic) bond motifs is 1. The van der Waals surface area contributed by atoms with Crippen molar-refractivity contribution in [1.29, 1.82) is 0 Å². The van der Waals surface area contributed by atoms with Crippen LogP contribution in [0.4, 0.5) is 5.69 Å². The van der Waals surface area contributed by atoms with Crippen LogP contribution in [0.5, 0.6) is 0 Å². The van der Waals surface area contributed by atoms with Crippen molar-refractivity contribution in [1.82, 2.24) is 4.90 Å². The number of hydrogen-bond donors (Lipinski definition) is 1. The van der Waals surface area contributed by atoms with Crippen molar-refractivity contribution in [3.05, 3.63) is 42.5 Å². The SMILES string of the molecule is CC(C)(C)C(=O)N1CCC[C@H]1C(=O)Nc1ccc2ccccc2c1. The Labute approximate surface area is 142 Å². The summed E-state index contributed by atoms with van der Waals surface area (Å²) in [6.45, 7) is 6.34. The number of nitrogens with one attached hydrogen (secondary N) is 1. The number of carbonyl (C=O) groups is 2. The van der Waals surface area contributed by atoms with E-state index in [1.165, 1.54) is 0 Å². The van der Waals surface area contributed by atoms with E-state index in [0.29, 0.717) is 6.54 Å². The van der Waals surface area contributed by atoms with Gasteiger partial charge < -0.3 is 10.2 Å². The predicted octanol–water partition coefficient (Wildman–Crippen LogP) is 3.82. The quantitative estimate of drug-likeness (QED) is 0.913. The van der Waals surface area contributed by atoms with Crippen molar-refractivity contribution < 1.29 is 9.59 Å². The molecule has 1 aliphatic rings. The van der Waals surface area contributed by atoms with Crippen LogP contribution in [0.1, 0.15) is 33.6 Å². The lowest BCUT2D eigenvalue weighted by atomic mass is 9.94. The molecule has 3 rings (SSSR count). The van der Waals surface area contributed by atoms with Gasteiger partial charge in [0.1, 0.15) is 6.04 Å². The fourth-order valence-corrected chi connectivity index (χ4v) is 3.21. The fraction of sp³-hybridized carbons (Fsp3) is 0.400. The van der Waals surface area contributed by atoms with Gasteiger partial charge in [-0.05, 0) is 35.7 Å². The molecule has 1 heterocycles. The van der Waals surface area contributed by atoms with Gasteiger partial charge in [0.05, 0.1) is 0 Å². The number of rotatable bonds is 2. The monoisotopic (exact) mass is 324 g/mol. The average molecular weight is 324 g/mol. The Kier molecular flexibility index (Phi) is 4.31. The summed E-state index contributed by atoms with van der Waals surface area (Å²) in [5.74, 6) is -0.0564. The maximum atomic E-state index is 12.7. The topological polar surface area (TPSA) is 49.4 Å². The van der Waals surface area contributed by atoms with Gasteiger partial charge in [0.15, 0.2) is 0 Å². The van der Waals surface area contributed by atoms with E-state index in [-0.39, 0.29) is 17.9 Å². The van der Waals surface area contributed by atoms with E-state index in [4.69, 9.17) is 0 Å². The zero-order valence-corrected chi connectivity index (χ0v) is 14.5. The smallest absolute Gasteiger partial charge is 0.247 e. The molecule has 0 aliphatic carbocycles. The van der Waals surface area contributed by atoms with Crippen LogP contribution >= 0.6 is 0 Å². The standard InChI is InChI=1S/C20H24N2O2/c1-20(2,3)19(24)22-12-6-9-17(22)18(23)21-16-11-10-14-7-4-5-8-15(14)13-16/h4-5,7-8,10-11,13,17H,6,9,12H2,1-3H3,(H,21,23)/t17-/m0/s1. The lowest BCUT2D eigenvalue weighted by Crippen LogP contribution is -2.47. The van der Waals surface area contributed by atoms with Crippen LogP contribution < -0.4 is 5.32 Å². The van der Waals surface area contributed by atoms with E-state index < -0.39 is 5.41 Å². The number of nitrogens with zero attached hydrogens (tertiary/aromatic N) is 1. The molecule has 0 spiro atoms. The molecule has 1 saturated heterocycles. The Morgan fingerprint density at radius 3 is 2.50 bits per heavy atom. The maximum Gasteiger partial charge on any atom is 0.247 e. The molecule has 1 aliphatic heterocycles. The van der Waals surface area contributed by atoms with E-state index >= 15 is 0 Å². The number of anilines is 1. The fourth-order valence-electron chi connectivity index (χ4n) is 3.21. The van der Waals surface area contributed by atoms with Crippen LogP contribution in [0.3, 0.4) is 0 Å². The van der Waals surface area contributed by atoms with Gasteiger partial charge in [-0.2, -0.15) is 0 Å². The molecular weight excluding hydrogens is 300 g/mol. The summed E-state index contributed by atoms with van der Waals surface area (Å²) >= 11 is 0. The highest BCUT2D eigenvalue weighted by atomic mass is 16.2. The van der Waals surface area contributed by atoms with Gasteiger partial charge in [-0.3, -0.25) is 9.59 Å². The second-order valence-corrected chi connectivity index (χ2v) is 7.46.